The van der Waals surface area contributed by atoms with Crippen molar-refractivity contribution in [2.24, 2.45) is 0 Å². The third kappa shape index (κ3) is 2.99. The highest BCUT2D eigenvalue weighted by Gasteiger charge is 2.26. The molecule has 6 nitrogen and oxygen atoms in total. The minimum Gasteiger partial charge on any atom is -0.507 e. The number of carboxylic acids is 1. The van der Waals surface area contributed by atoms with Gasteiger partial charge in [0.25, 0.3) is 0 Å². The number of hydrogen-bond donors (Lipinski definition) is 2. The van der Waals surface area contributed by atoms with Gasteiger partial charge >= 0.3 is 5.97 Å². The lowest BCUT2D eigenvalue weighted by atomic mass is 9.97. The van der Waals surface area contributed by atoms with Crippen molar-refractivity contribution in [1.29, 1.82) is 0 Å². The number of ether oxygens (including phenoxy) is 1. The Labute approximate surface area is 148 Å². The molecule has 3 aromatic rings. The zero-order valence-electron chi connectivity index (χ0n) is 14.1. The molecule has 0 unspecified atom stereocenters. The molecule has 0 radical (unpaired) electrons. The van der Waals surface area contributed by atoms with Crippen molar-refractivity contribution in [3.63, 3.8) is 0 Å². The Kier molecular flexibility index (Phi) is 4.62. The van der Waals surface area contributed by atoms with Gasteiger partial charge in [0, 0.05) is 6.07 Å². The van der Waals surface area contributed by atoms with E-state index in [2.05, 4.69) is 5.16 Å². The number of phenols is 1. The molecule has 7 heteroatoms. The van der Waals surface area contributed by atoms with E-state index in [0.717, 1.165) is 5.56 Å². The normalized spacial score (nSPS) is 10.7. The second kappa shape index (κ2) is 6.87. The maximum Gasteiger partial charge on any atom is 0.358 e. The molecule has 2 N–H and O–H groups in total. The van der Waals surface area contributed by atoms with Crippen molar-refractivity contribution in [2.45, 2.75) is 13.3 Å². The molecule has 3 rings (SSSR count). The van der Waals surface area contributed by atoms with Gasteiger partial charge in [-0.2, -0.15) is 0 Å². The van der Waals surface area contributed by atoms with Gasteiger partial charge in [0.05, 0.1) is 18.2 Å². The van der Waals surface area contributed by atoms with Crippen LogP contribution in [0.5, 0.6) is 11.5 Å². The molecule has 0 bridgehead atoms. The summed E-state index contributed by atoms with van der Waals surface area (Å²) in [5.74, 6) is -1.29. The number of aryl methyl sites for hydroxylation is 1. The molecule has 2 aromatic carbocycles. The molecule has 0 saturated carbocycles. The van der Waals surface area contributed by atoms with Gasteiger partial charge in [-0.15, -0.1) is 0 Å². The van der Waals surface area contributed by atoms with Crippen LogP contribution in [-0.2, 0) is 6.42 Å². The van der Waals surface area contributed by atoms with E-state index in [-0.39, 0.29) is 28.3 Å². The highest BCUT2D eigenvalue weighted by molar-refractivity contribution is 5.98. The van der Waals surface area contributed by atoms with E-state index in [4.69, 9.17) is 9.26 Å². The molecule has 0 aliphatic carbocycles. The Hall–Kier alpha value is -3.35. The lowest BCUT2D eigenvalue weighted by Crippen LogP contribution is -1.99. The predicted octanol–water partition coefficient (Wildman–Crippen LogP) is 4.12. The van der Waals surface area contributed by atoms with Crippen LogP contribution in [0.1, 0.15) is 23.0 Å². The third-order valence-electron chi connectivity index (χ3n) is 4.05. The largest absolute Gasteiger partial charge is 0.507 e. The minimum atomic E-state index is -1.29. The van der Waals surface area contributed by atoms with Crippen LogP contribution in [0.3, 0.4) is 0 Å². The van der Waals surface area contributed by atoms with Crippen LogP contribution in [0.15, 0.2) is 40.9 Å². The van der Waals surface area contributed by atoms with Gasteiger partial charge in [-0.25, -0.2) is 9.18 Å². The Morgan fingerprint density at radius 1 is 1.27 bits per heavy atom. The number of benzene rings is 2. The summed E-state index contributed by atoms with van der Waals surface area (Å²) >= 11 is 0. The van der Waals surface area contributed by atoms with Crippen LogP contribution in [-0.4, -0.2) is 28.4 Å². The fraction of sp³-hybridized carbons (Fsp3) is 0.158. The van der Waals surface area contributed by atoms with Gasteiger partial charge in [-0.05, 0) is 35.7 Å². The zero-order valence-corrected chi connectivity index (χ0v) is 14.1. The van der Waals surface area contributed by atoms with E-state index in [9.17, 15) is 19.4 Å². The highest BCUT2D eigenvalue weighted by atomic mass is 19.1. The number of nitrogens with zero attached hydrogens (tertiary/aromatic N) is 1. The quantitative estimate of drug-likeness (QED) is 0.713. The first-order valence-electron chi connectivity index (χ1n) is 7.85. The Morgan fingerprint density at radius 2 is 1.96 bits per heavy atom. The first-order chi connectivity index (χ1) is 12.5. The van der Waals surface area contributed by atoms with Crippen LogP contribution in [0.25, 0.3) is 22.5 Å². The van der Waals surface area contributed by atoms with Crippen LogP contribution in [0.2, 0.25) is 0 Å². The Bertz CT molecular complexity index is 963. The van der Waals surface area contributed by atoms with Crippen molar-refractivity contribution in [3.8, 4) is 33.9 Å². The maximum absolute atomic E-state index is 13.2. The molecule has 1 heterocycles. The van der Waals surface area contributed by atoms with Crippen LogP contribution in [0.4, 0.5) is 4.39 Å². The fourth-order valence-electron chi connectivity index (χ4n) is 2.77. The predicted molar refractivity (Wildman–Crippen MR) is 91.9 cm³/mol. The first kappa shape index (κ1) is 17.5. The number of carboxylic acid groups (broad SMARTS) is 1. The summed E-state index contributed by atoms with van der Waals surface area (Å²) < 4.78 is 23.7. The van der Waals surface area contributed by atoms with Gasteiger partial charge in [0.1, 0.15) is 17.3 Å². The SMILES string of the molecule is CCc1cc(-c2onc(C(=O)O)c2-c2ccc(F)cc2)c(O)cc1OC. The average molecular weight is 357 g/mol. The third-order valence-corrected chi connectivity index (χ3v) is 4.05. The number of methoxy groups -OCH3 is 1. The van der Waals surface area contributed by atoms with E-state index < -0.39 is 11.8 Å². The Balaban J connectivity index is 2.27. The molecule has 26 heavy (non-hydrogen) atoms. The number of phenolic OH excluding ortho intramolecular Hbond substituents is 1. The van der Waals surface area contributed by atoms with Crippen LogP contribution >= 0.6 is 0 Å². The molecule has 0 fully saturated rings. The first-order valence-corrected chi connectivity index (χ1v) is 7.85. The molecule has 0 saturated heterocycles. The van der Waals surface area contributed by atoms with E-state index in [1.54, 1.807) is 6.07 Å². The van der Waals surface area contributed by atoms with Crippen LogP contribution in [0, 0.1) is 5.82 Å². The van der Waals surface area contributed by atoms with E-state index in [0.29, 0.717) is 17.7 Å². The number of aromatic hydroxyl groups is 1. The molecular weight excluding hydrogens is 341 g/mol. The topological polar surface area (TPSA) is 92.8 Å². The second-order valence-electron chi connectivity index (χ2n) is 5.58. The Morgan fingerprint density at radius 3 is 2.54 bits per heavy atom. The van der Waals surface area contributed by atoms with Gasteiger partial charge in [-0.3, -0.25) is 0 Å². The summed E-state index contributed by atoms with van der Waals surface area (Å²) in [7, 11) is 1.49. The standard InChI is InChI=1S/C19H16FNO5/c1-3-10-8-13(14(22)9-15(10)25-2)18-16(17(19(23)24)21-26-18)11-4-6-12(20)7-5-11/h4-9,22H,3H2,1-2H3,(H,23,24). The van der Waals surface area contributed by atoms with Gasteiger partial charge in [0.2, 0.25) is 0 Å². The van der Waals surface area contributed by atoms with Crippen molar-refractivity contribution in [1.82, 2.24) is 5.16 Å². The summed E-state index contributed by atoms with van der Waals surface area (Å²) in [5, 5.41) is 23.4. The number of hydrogen-bond acceptors (Lipinski definition) is 5. The average Bonchev–Trinajstić information content (AvgIpc) is 3.07. The van der Waals surface area contributed by atoms with Gasteiger partial charge in [-0.1, -0.05) is 24.2 Å². The van der Waals surface area contributed by atoms with E-state index >= 15 is 0 Å². The van der Waals surface area contributed by atoms with Gasteiger partial charge < -0.3 is 19.5 Å². The van der Waals surface area contributed by atoms with Crippen LogP contribution < -0.4 is 4.74 Å². The lowest BCUT2D eigenvalue weighted by Gasteiger charge is -2.11. The molecule has 0 aliphatic rings. The molecule has 0 atom stereocenters. The zero-order chi connectivity index (χ0) is 18.8. The summed E-state index contributed by atoms with van der Waals surface area (Å²) in [6.45, 7) is 1.92. The van der Waals surface area contributed by atoms with Crippen molar-refractivity contribution >= 4 is 5.97 Å². The van der Waals surface area contributed by atoms with Gasteiger partial charge in [0.15, 0.2) is 11.5 Å². The molecule has 0 aliphatic heterocycles. The lowest BCUT2D eigenvalue weighted by molar-refractivity contribution is 0.0686. The van der Waals surface area contributed by atoms with Crippen molar-refractivity contribution in [2.75, 3.05) is 7.11 Å². The summed E-state index contributed by atoms with van der Waals surface area (Å²) in [6.07, 6.45) is 0.627. The molecule has 1 aromatic heterocycles. The number of aromatic carboxylic acids is 1. The minimum absolute atomic E-state index is 0.0869. The molecule has 134 valence electrons. The number of halogens is 1. The molecular formula is C19H16FNO5. The summed E-state index contributed by atoms with van der Waals surface area (Å²) in [6, 6.07) is 8.38. The van der Waals surface area contributed by atoms with E-state index in [1.165, 1.54) is 37.4 Å². The summed E-state index contributed by atoms with van der Waals surface area (Å²) in [5.41, 5.74) is 1.34. The van der Waals surface area contributed by atoms with Crippen molar-refractivity contribution in [3.05, 3.63) is 53.5 Å². The smallest absolute Gasteiger partial charge is 0.358 e. The molecule has 0 amide bonds. The summed E-state index contributed by atoms with van der Waals surface area (Å²) in [4.78, 5) is 11.5. The monoisotopic (exact) mass is 357 g/mol. The number of rotatable bonds is 5. The second-order valence-corrected chi connectivity index (χ2v) is 5.58. The number of carbonyl (C=O) groups is 1. The van der Waals surface area contributed by atoms with E-state index in [1.807, 2.05) is 6.92 Å². The molecule has 0 spiro atoms. The van der Waals surface area contributed by atoms with Crippen molar-refractivity contribution < 1.29 is 28.7 Å². The highest BCUT2D eigenvalue weighted by Crippen LogP contribution is 2.41. The number of aromatic nitrogens is 1. The fourth-order valence-corrected chi connectivity index (χ4v) is 2.77. The maximum atomic E-state index is 13.2.